The van der Waals surface area contributed by atoms with Crippen molar-refractivity contribution >= 4 is 22.9 Å². The van der Waals surface area contributed by atoms with E-state index in [0.717, 1.165) is 36.8 Å². The predicted molar refractivity (Wildman–Crippen MR) is 137 cm³/mol. The van der Waals surface area contributed by atoms with E-state index >= 15 is 0 Å². The molecule has 3 aliphatic rings. The highest BCUT2D eigenvalue weighted by Gasteiger charge is 2.55. The molecule has 0 saturated heterocycles. The summed E-state index contributed by atoms with van der Waals surface area (Å²) >= 11 is 0. The molecule has 184 valence electrons. The standard InChI is InChI=1S/C28H30N6O2/c29-23-15-21(25-26(30-23)33-34-32-25)20(18-7-3-1-4-8-18)16-24(36)31-27-11-13-28(14-12-27,22(35)17-27)19-9-5-2-6-10-19/h1-10,15,20,22,35H,11-14,16-17H2,(H,31,36)(H3,29,30,32,33,34). The van der Waals surface area contributed by atoms with Crippen LogP contribution in [0, 0.1) is 0 Å². The number of rotatable bonds is 6. The van der Waals surface area contributed by atoms with Gasteiger partial charge in [-0.3, -0.25) is 4.79 Å². The summed E-state index contributed by atoms with van der Waals surface area (Å²) in [5, 5.41) is 25.6. The zero-order chi connectivity index (χ0) is 24.8. The number of amides is 1. The second kappa shape index (κ2) is 8.71. The smallest absolute Gasteiger partial charge is 0.221 e. The molecule has 2 aromatic heterocycles. The van der Waals surface area contributed by atoms with Crippen molar-refractivity contribution in [2.45, 2.75) is 61.5 Å². The third-order valence-corrected chi connectivity index (χ3v) is 8.38. The number of aromatic nitrogens is 4. The first-order chi connectivity index (χ1) is 17.5. The van der Waals surface area contributed by atoms with Gasteiger partial charge in [0.25, 0.3) is 0 Å². The van der Waals surface area contributed by atoms with Gasteiger partial charge in [0, 0.05) is 23.3 Å². The van der Waals surface area contributed by atoms with Crippen molar-refractivity contribution in [3.05, 3.63) is 83.4 Å². The Hall–Kier alpha value is -3.78. The number of carbonyl (C=O) groups excluding carboxylic acids is 1. The molecule has 2 aromatic carbocycles. The fourth-order valence-electron chi connectivity index (χ4n) is 6.47. The van der Waals surface area contributed by atoms with Gasteiger partial charge in [-0.1, -0.05) is 60.7 Å². The number of fused-ring (bicyclic) bond motifs is 4. The van der Waals surface area contributed by atoms with Crippen LogP contribution in [0.2, 0.25) is 0 Å². The molecule has 0 radical (unpaired) electrons. The van der Waals surface area contributed by atoms with Crippen molar-refractivity contribution < 1.29 is 9.90 Å². The summed E-state index contributed by atoms with van der Waals surface area (Å²) in [6.07, 6.45) is 3.76. The van der Waals surface area contributed by atoms with Gasteiger partial charge >= 0.3 is 0 Å². The molecule has 3 aliphatic carbocycles. The van der Waals surface area contributed by atoms with Gasteiger partial charge < -0.3 is 16.2 Å². The molecule has 8 heteroatoms. The summed E-state index contributed by atoms with van der Waals surface area (Å²) in [5.41, 5.74) is 9.55. The number of nitrogens with two attached hydrogens (primary N) is 1. The van der Waals surface area contributed by atoms with Crippen molar-refractivity contribution in [3.8, 4) is 0 Å². The Labute approximate surface area is 209 Å². The lowest BCUT2D eigenvalue weighted by Gasteiger charge is -2.56. The van der Waals surface area contributed by atoms with E-state index in [1.807, 2.05) is 48.5 Å². The molecule has 5 N–H and O–H groups in total. The number of aromatic amines is 1. The summed E-state index contributed by atoms with van der Waals surface area (Å²) in [6.45, 7) is 0. The van der Waals surface area contributed by atoms with Crippen LogP contribution in [0.4, 0.5) is 5.82 Å². The van der Waals surface area contributed by atoms with Crippen LogP contribution in [-0.4, -0.2) is 43.1 Å². The molecule has 7 rings (SSSR count). The third kappa shape index (κ3) is 3.82. The maximum Gasteiger partial charge on any atom is 0.221 e. The first-order valence-electron chi connectivity index (χ1n) is 12.5. The molecule has 0 spiro atoms. The largest absolute Gasteiger partial charge is 0.392 e. The summed E-state index contributed by atoms with van der Waals surface area (Å²) in [7, 11) is 0. The first kappa shape index (κ1) is 22.7. The van der Waals surface area contributed by atoms with Gasteiger partial charge in [-0.2, -0.15) is 10.3 Å². The number of benzene rings is 2. The van der Waals surface area contributed by atoms with E-state index in [-0.39, 0.29) is 29.2 Å². The second-order valence-electron chi connectivity index (χ2n) is 10.4. The number of anilines is 1. The molecule has 4 aromatic rings. The maximum atomic E-state index is 13.6. The lowest BCUT2D eigenvalue weighted by molar-refractivity contribution is -0.127. The Morgan fingerprint density at radius 2 is 1.75 bits per heavy atom. The van der Waals surface area contributed by atoms with Crippen molar-refractivity contribution in [2.75, 3.05) is 5.73 Å². The zero-order valence-corrected chi connectivity index (χ0v) is 20.0. The van der Waals surface area contributed by atoms with Crippen LogP contribution >= 0.6 is 0 Å². The van der Waals surface area contributed by atoms with Gasteiger partial charge in [0.2, 0.25) is 11.6 Å². The SMILES string of the molecule is Nc1cc(C(CC(=O)NC23CCC(c4ccccc4)(CC2)C(O)C3)c2ccccc2)c2n[nH]nc2n1. The van der Waals surface area contributed by atoms with Crippen LogP contribution in [-0.2, 0) is 10.2 Å². The molecule has 36 heavy (non-hydrogen) atoms. The van der Waals surface area contributed by atoms with Gasteiger partial charge in [0.05, 0.1) is 6.10 Å². The lowest BCUT2D eigenvalue weighted by Crippen LogP contribution is -2.63. The molecule has 2 bridgehead atoms. The minimum Gasteiger partial charge on any atom is -0.392 e. The lowest BCUT2D eigenvalue weighted by atomic mass is 9.53. The normalized spacial score (nSPS) is 26.1. The summed E-state index contributed by atoms with van der Waals surface area (Å²) < 4.78 is 0. The molecule has 2 unspecified atom stereocenters. The molecule has 0 aliphatic heterocycles. The van der Waals surface area contributed by atoms with Gasteiger partial charge in [-0.05, 0) is 54.9 Å². The molecule has 1 amide bonds. The van der Waals surface area contributed by atoms with Gasteiger partial charge in [-0.25, -0.2) is 4.98 Å². The highest BCUT2D eigenvalue weighted by Crippen LogP contribution is 2.53. The summed E-state index contributed by atoms with van der Waals surface area (Å²) in [4.78, 5) is 17.8. The van der Waals surface area contributed by atoms with E-state index in [1.165, 1.54) is 5.56 Å². The molecule has 3 fully saturated rings. The molecular formula is C28H30N6O2. The highest BCUT2D eigenvalue weighted by molar-refractivity contribution is 5.82. The Kier molecular flexibility index (Phi) is 5.48. The molecule has 2 atom stereocenters. The van der Waals surface area contributed by atoms with Crippen LogP contribution < -0.4 is 11.1 Å². The summed E-state index contributed by atoms with van der Waals surface area (Å²) in [6, 6.07) is 22.0. The monoisotopic (exact) mass is 482 g/mol. The summed E-state index contributed by atoms with van der Waals surface area (Å²) in [5.74, 6) is 0.0319. The number of aliphatic hydroxyl groups excluding tert-OH is 1. The Morgan fingerprint density at radius 3 is 2.44 bits per heavy atom. The minimum absolute atomic E-state index is 0.0443. The van der Waals surface area contributed by atoms with E-state index in [1.54, 1.807) is 6.07 Å². The number of nitrogens with one attached hydrogen (secondary N) is 2. The van der Waals surface area contributed by atoms with E-state index < -0.39 is 6.10 Å². The van der Waals surface area contributed by atoms with E-state index in [9.17, 15) is 9.90 Å². The minimum atomic E-state index is -0.484. The maximum absolute atomic E-state index is 13.6. The van der Waals surface area contributed by atoms with E-state index in [0.29, 0.717) is 23.4 Å². The second-order valence-corrected chi connectivity index (χ2v) is 10.4. The number of nitrogen functional groups attached to an aromatic ring is 1. The molecule has 3 saturated carbocycles. The number of hydrogen-bond donors (Lipinski definition) is 4. The van der Waals surface area contributed by atoms with Crippen LogP contribution in [0.25, 0.3) is 11.2 Å². The zero-order valence-electron chi connectivity index (χ0n) is 20.0. The predicted octanol–water partition coefficient (Wildman–Crippen LogP) is 3.59. The number of aliphatic hydroxyl groups is 1. The van der Waals surface area contributed by atoms with Crippen LogP contribution in [0.5, 0.6) is 0 Å². The molecule has 2 heterocycles. The average molecular weight is 483 g/mol. The number of carbonyl (C=O) groups is 1. The van der Waals surface area contributed by atoms with Crippen molar-refractivity contribution in [1.82, 2.24) is 25.7 Å². The topological polar surface area (TPSA) is 130 Å². The van der Waals surface area contributed by atoms with Gasteiger partial charge in [0.15, 0.2) is 0 Å². The number of nitrogens with zero attached hydrogens (tertiary/aromatic N) is 3. The highest BCUT2D eigenvalue weighted by atomic mass is 16.3. The quantitative estimate of drug-likeness (QED) is 0.332. The third-order valence-electron chi connectivity index (χ3n) is 8.38. The fourth-order valence-corrected chi connectivity index (χ4v) is 6.47. The van der Waals surface area contributed by atoms with E-state index in [2.05, 4.69) is 37.8 Å². The number of hydrogen-bond acceptors (Lipinski definition) is 6. The number of H-pyrrole nitrogens is 1. The van der Waals surface area contributed by atoms with E-state index in [4.69, 9.17) is 5.73 Å². The van der Waals surface area contributed by atoms with Crippen LogP contribution in [0.3, 0.4) is 0 Å². The van der Waals surface area contributed by atoms with Crippen LogP contribution in [0.15, 0.2) is 66.7 Å². The Bertz CT molecular complexity index is 1380. The van der Waals surface area contributed by atoms with Crippen LogP contribution in [0.1, 0.15) is 61.1 Å². The Balaban J connectivity index is 1.26. The average Bonchev–Trinajstić information content (AvgIpc) is 3.37. The number of pyridine rings is 1. The molecule has 8 nitrogen and oxygen atoms in total. The first-order valence-corrected chi connectivity index (χ1v) is 12.5. The Morgan fingerprint density at radius 1 is 1.06 bits per heavy atom. The van der Waals surface area contributed by atoms with Crippen molar-refractivity contribution in [2.24, 2.45) is 0 Å². The van der Waals surface area contributed by atoms with Gasteiger partial charge in [-0.15, -0.1) is 5.10 Å². The fraction of sp³-hybridized carbons (Fsp3) is 0.357. The van der Waals surface area contributed by atoms with Gasteiger partial charge in [0.1, 0.15) is 11.3 Å². The van der Waals surface area contributed by atoms with Crippen molar-refractivity contribution in [3.63, 3.8) is 0 Å². The molecular weight excluding hydrogens is 452 g/mol. The van der Waals surface area contributed by atoms with Crippen molar-refractivity contribution in [1.29, 1.82) is 0 Å².